The maximum absolute atomic E-state index is 12.3. The third kappa shape index (κ3) is 6.87. The Morgan fingerprint density at radius 2 is 1.78 bits per heavy atom. The first-order chi connectivity index (χ1) is 13.0. The van der Waals surface area contributed by atoms with Crippen molar-refractivity contribution >= 4 is 34.8 Å². The molecule has 2 N–H and O–H groups in total. The Labute approximate surface area is 164 Å². The first-order valence-electron chi connectivity index (χ1n) is 9.00. The fourth-order valence-corrected chi connectivity index (χ4v) is 2.55. The van der Waals surface area contributed by atoms with Gasteiger partial charge in [-0.25, -0.2) is 5.43 Å². The van der Waals surface area contributed by atoms with Crippen LogP contribution in [0.1, 0.15) is 55.5 Å². The highest BCUT2D eigenvalue weighted by atomic mass is 35.5. The molecule has 2 amide bonds. The molecule has 2 aromatic rings. The number of unbranched alkanes of at least 4 members (excludes halogenated alkanes) is 2. The normalized spacial score (nSPS) is 11.1. The van der Waals surface area contributed by atoms with Gasteiger partial charge in [-0.3, -0.25) is 9.59 Å². The number of benzene rings is 2. The number of hydrazone groups is 1. The second kappa shape index (κ2) is 10.5. The Hall–Kier alpha value is -2.66. The van der Waals surface area contributed by atoms with E-state index >= 15 is 0 Å². The number of nitrogens with one attached hydrogen (secondary N) is 2. The average molecular weight is 386 g/mol. The van der Waals surface area contributed by atoms with Crippen molar-refractivity contribution in [1.29, 1.82) is 0 Å². The van der Waals surface area contributed by atoms with Crippen LogP contribution in [0, 0.1) is 0 Å². The predicted molar refractivity (Wildman–Crippen MR) is 110 cm³/mol. The van der Waals surface area contributed by atoms with Gasteiger partial charge >= 0.3 is 0 Å². The van der Waals surface area contributed by atoms with E-state index in [0.717, 1.165) is 24.8 Å². The number of anilines is 1. The van der Waals surface area contributed by atoms with E-state index in [-0.39, 0.29) is 11.8 Å². The fraction of sp³-hybridized carbons (Fsp3) is 0.286. The molecular weight excluding hydrogens is 362 g/mol. The van der Waals surface area contributed by atoms with Gasteiger partial charge < -0.3 is 5.32 Å². The zero-order valence-corrected chi connectivity index (χ0v) is 16.3. The highest BCUT2D eigenvalue weighted by Crippen LogP contribution is 2.15. The van der Waals surface area contributed by atoms with Gasteiger partial charge in [0.25, 0.3) is 5.91 Å². The minimum atomic E-state index is -0.220. The van der Waals surface area contributed by atoms with Gasteiger partial charge in [0.05, 0.1) is 5.71 Å². The molecule has 0 atom stereocenters. The molecule has 0 radical (unpaired) electrons. The molecule has 0 aliphatic heterocycles. The number of hydrogen-bond donors (Lipinski definition) is 2. The van der Waals surface area contributed by atoms with Gasteiger partial charge in [-0.2, -0.15) is 5.10 Å². The van der Waals surface area contributed by atoms with Crippen molar-refractivity contribution in [2.24, 2.45) is 5.10 Å². The number of amides is 2. The third-order valence-electron chi connectivity index (χ3n) is 4.00. The molecule has 0 aliphatic carbocycles. The third-order valence-corrected chi connectivity index (χ3v) is 4.25. The number of hydrogen-bond acceptors (Lipinski definition) is 3. The molecule has 0 spiro atoms. The zero-order valence-electron chi connectivity index (χ0n) is 15.6. The van der Waals surface area contributed by atoms with E-state index in [2.05, 4.69) is 22.8 Å². The van der Waals surface area contributed by atoms with Crippen molar-refractivity contribution in [3.63, 3.8) is 0 Å². The summed E-state index contributed by atoms with van der Waals surface area (Å²) in [6, 6.07) is 14.0. The van der Waals surface area contributed by atoms with Gasteiger partial charge in [-0.05, 0) is 55.3 Å². The molecule has 0 aliphatic rings. The lowest BCUT2D eigenvalue weighted by atomic mass is 10.1. The van der Waals surface area contributed by atoms with Crippen LogP contribution < -0.4 is 10.7 Å². The number of rotatable bonds is 8. The van der Waals surface area contributed by atoms with Crippen molar-refractivity contribution < 1.29 is 9.59 Å². The summed E-state index contributed by atoms with van der Waals surface area (Å²) < 4.78 is 0. The largest absolute Gasteiger partial charge is 0.322 e. The summed E-state index contributed by atoms with van der Waals surface area (Å²) in [6.07, 6.45) is 3.44. The van der Waals surface area contributed by atoms with Crippen LogP contribution in [-0.4, -0.2) is 17.5 Å². The van der Waals surface area contributed by atoms with E-state index in [0.29, 0.717) is 28.4 Å². The van der Waals surface area contributed by atoms with Gasteiger partial charge in [-0.1, -0.05) is 43.5 Å². The molecular formula is C21H24ClN3O2. The first kappa shape index (κ1) is 20.6. The molecule has 0 fully saturated rings. The topological polar surface area (TPSA) is 70.6 Å². The van der Waals surface area contributed by atoms with Crippen molar-refractivity contribution in [3.8, 4) is 0 Å². The quantitative estimate of drug-likeness (QED) is 0.381. The SMILES string of the molecule is CCCCCC(=O)N/N=C(/C)c1cccc(NC(=O)c2ccc(Cl)cc2)c1. The van der Waals surface area contributed by atoms with Crippen LogP contribution in [0.4, 0.5) is 5.69 Å². The monoisotopic (exact) mass is 385 g/mol. The molecule has 6 heteroatoms. The molecule has 0 unspecified atom stereocenters. The predicted octanol–water partition coefficient (Wildman–Crippen LogP) is 5.01. The van der Waals surface area contributed by atoms with E-state index in [9.17, 15) is 9.59 Å². The molecule has 0 saturated carbocycles. The summed E-state index contributed by atoms with van der Waals surface area (Å²) in [5.74, 6) is -0.308. The number of nitrogens with zero attached hydrogens (tertiary/aromatic N) is 1. The second-order valence-electron chi connectivity index (χ2n) is 6.23. The summed E-state index contributed by atoms with van der Waals surface area (Å²) >= 11 is 5.84. The summed E-state index contributed by atoms with van der Waals surface area (Å²) in [7, 11) is 0. The molecule has 0 saturated heterocycles. The number of carbonyl (C=O) groups excluding carboxylic acids is 2. The zero-order chi connectivity index (χ0) is 19.6. The highest BCUT2D eigenvalue weighted by molar-refractivity contribution is 6.30. The number of halogens is 1. The van der Waals surface area contributed by atoms with Gasteiger partial charge in [0.15, 0.2) is 0 Å². The Morgan fingerprint density at radius 1 is 1.04 bits per heavy atom. The first-order valence-corrected chi connectivity index (χ1v) is 9.38. The van der Waals surface area contributed by atoms with Crippen LogP contribution in [0.2, 0.25) is 5.02 Å². The Balaban J connectivity index is 1.99. The summed E-state index contributed by atoms with van der Waals surface area (Å²) in [6.45, 7) is 3.91. The van der Waals surface area contributed by atoms with E-state index in [1.165, 1.54) is 0 Å². The smallest absolute Gasteiger partial charge is 0.255 e. The van der Waals surface area contributed by atoms with Crippen molar-refractivity contribution in [2.75, 3.05) is 5.32 Å². The molecule has 0 aromatic heterocycles. The van der Waals surface area contributed by atoms with Crippen LogP contribution in [0.3, 0.4) is 0 Å². The lowest BCUT2D eigenvalue weighted by Crippen LogP contribution is -2.19. The van der Waals surface area contributed by atoms with Crippen LogP contribution in [-0.2, 0) is 4.79 Å². The lowest BCUT2D eigenvalue weighted by molar-refractivity contribution is -0.121. The van der Waals surface area contributed by atoms with Gasteiger partial charge in [-0.15, -0.1) is 0 Å². The molecule has 0 bridgehead atoms. The Kier molecular flexibility index (Phi) is 8.01. The molecule has 27 heavy (non-hydrogen) atoms. The molecule has 2 aromatic carbocycles. The molecule has 5 nitrogen and oxygen atoms in total. The minimum absolute atomic E-state index is 0.0880. The maximum Gasteiger partial charge on any atom is 0.255 e. The Bertz CT molecular complexity index is 816. The highest BCUT2D eigenvalue weighted by Gasteiger charge is 2.07. The standard InChI is InChI=1S/C21H24ClN3O2/c1-3-4-5-9-20(26)25-24-15(2)17-7-6-8-19(14-17)23-21(27)16-10-12-18(22)13-11-16/h6-8,10-14H,3-5,9H2,1-2H3,(H,23,27)(H,25,26)/b24-15-. The summed E-state index contributed by atoms with van der Waals surface area (Å²) in [4.78, 5) is 24.1. The van der Waals surface area contributed by atoms with Crippen molar-refractivity contribution in [2.45, 2.75) is 39.5 Å². The van der Waals surface area contributed by atoms with Gasteiger partial charge in [0, 0.05) is 22.7 Å². The van der Waals surface area contributed by atoms with E-state index in [1.54, 1.807) is 30.3 Å². The number of carbonyl (C=O) groups is 2. The van der Waals surface area contributed by atoms with Gasteiger partial charge in [0.1, 0.15) is 0 Å². The van der Waals surface area contributed by atoms with E-state index in [4.69, 9.17) is 11.6 Å². The van der Waals surface area contributed by atoms with Crippen molar-refractivity contribution in [1.82, 2.24) is 5.43 Å². The van der Waals surface area contributed by atoms with Crippen LogP contribution in [0.15, 0.2) is 53.6 Å². The second-order valence-corrected chi connectivity index (χ2v) is 6.67. The summed E-state index contributed by atoms with van der Waals surface area (Å²) in [5.41, 5.74) is 5.24. The molecule has 0 heterocycles. The van der Waals surface area contributed by atoms with E-state index < -0.39 is 0 Å². The molecule has 2 rings (SSSR count). The fourth-order valence-electron chi connectivity index (χ4n) is 2.43. The van der Waals surface area contributed by atoms with Crippen LogP contribution in [0.5, 0.6) is 0 Å². The summed E-state index contributed by atoms with van der Waals surface area (Å²) in [5, 5.41) is 7.58. The maximum atomic E-state index is 12.3. The average Bonchev–Trinajstić information content (AvgIpc) is 2.67. The minimum Gasteiger partial charge on any atom is -0.322 e. The van der Waals surface area contributed by atoms with Crippen LogP contribution in [0.25, 0.3) is 0 Å². The van der Waals surface area contributed by atoms with E-state index in [1.807, 2.05) is 25.1 Å². The Morgan fingerprint density at radius 3 is 2.48 bits per heavy atom. The van der Waals surface area contributed by atoms with Crippen LogP contribution >= 0.6 is 11.6 Å². The van der Waals surface area contributed by atoms with Gasteiger partial charge in [0.2, 0.25) is 5.91 Å². The van der Waals surface area contributed by atoms with Crippen molar-refractivity contribution in [3.05, 3.63) is 64.7 Å². The molecule has 142 valence electrons. The lowest BCUT2D eigenvalue weighted by Gasteiger charge is -2.08.